The fourth-order valence-corrected chi connectivity index (χ4v) is 2.46. The number of rotatable bonds is 5. The standard InChI is InChI=1S/C13H15ClN6/c14-11-16-12(18-13(17-11)20-7-1-6-15-20)19(10-4-5-10)8-9-2-3-9/h1,6-7,9-10H,2-5,8H2. The average molecular weight is 291 g/mol. The van der Waals surface area contributed by atoms with Gasteiger partial charge in [-0.15, -0.1) is 0 Å². The highest BCUT2D eigenvalue weighted by Gasteiger charge is 2.35. The summed E-state index contributed by atoms with van der Waals surface area (Å²) in [7, 11) is 0. The number of halogens is 1. The van der Waals surface area contributed by atoms with Crippen LogP contribution in [0.2, 0.25) is 5.28 Å². The first-order valence-electron chi connectivity index (χ1n) is 6.98. The second kappa shape index (κ2) is 4.70. The van der Waals surface area contributed by atoms with Gasteiger partial charge in [0.25, 0.3) is 5.95 Å². The Hall–Kier alpha value is -1.69. The number of aromatic nitrogens is 5. The summed E-state index contributed by atoms with van der Waals surface area (Å²) in [6.07, 6.45) is 8.56. The Morgan fingerprint density at radius 1 is 1.20 bits per heavy atom. The van der Waals surface area contributed by atoms with E-state index in [9.17, 15) is 0 Å². The lowest BCUT2D eigenvalue weighted by Gasteiger charge is -2.22. The van der Waals surface area contributed by atoms with E-state index in [0.717, 1.165) is 12.5 Å². The van der Waals surface area contributed by atoms with Crippen LogP contribution in [0.1, 0.15) is 25.7 Å². The SMILES string of the molecule is Clc1nc(N(CC2CC2)C2CC2)nc(-n2cccn2)n1. The fraction of sp³-hybridized carbons (Fsp3) is 0.538. The summed E-state index contributed by atoms with van der Waals surface area (Å²) in [5.41, 5.74) is 0. The maximum Gasteiger partial charge on any atom is 0.256 e. The molecule has 2 aromatic rings. The zero-order valence-electron chi connectivity index (χ0n) is 11.0. The number of nitrogens with zero attached hydrogens (tertiary/aromatic N) is 6. The molecule has 0 amide bonds. The van der Waals surface area contributed by atoms with Gasteiger partial charge < -0.3 is 4.90 Å². The Balaban J connectivity index is 1.68. The van der Waals surface area contributed by atoms with Crippen LogP contribution in [0.5, 0.6) is 0 Å². The molecule has 0 saturated heterocycles. The topological polar surface area (TPSA) is 59.7 Å². The maximum atomic E-state index is 6.06. The lowest BCUT2D eigenvalue weighted by molar-refractivity contribution is 0.685. The number of hydrogen-bond acceptors (Lipinski definition) is 5. The van der Waals surface area contributed by atoms with Crippen LogP contribution in [-0.4, -0.2) is 37.3 Å². The van der Waals surface area contributed by atoms with Crippen LogP contribution < -0.4 is 4.90 Å². The predicted octanol–water partition coefficient (Wildman–Crippen LogP) is 2.09. The molecule has 2 aliphatic rings. The van der Waals surface area contributed by atoms with Crippen molar-refractivity contribution in [1.29, 1.82) is 0 Å². The molecule has 0 aliphatic heterocycles. The Kier molecular flexibility index (Phi) is 2.84. The molecule has 0 spiro atoms. The fourth-order valence-electron chi connectivity index (χ4n) is 2.31. The minimum absolute atomic E-state index is 0.224. The van der Waals surface area contributed by atoms with E-state index in [1.165, 1.54) is 25.7 Å². The second-order valence-electron chi connectivity index (χ2n) is 5.48. The van der Waals surface area contributed by atoms with Gasteiger partial charge in [-0.25, -0.2) is 4.68 Å². The summed E-state index contributed by atoms with van der Waals surface area (Å²) in [5.74, 6) is 1.95. The largest absolute Gasteiger partial charge is 0.337 e. The highest BCUT2D eigenvalue weighted by molar-refractivity contribution is 6.28. The van der Waals surface area contributed by atoms with Crippen molar-refractivity contribution in [2.75, 3.05) is 11.4 Å². The van der Waals surface area contributed by atoms with Gasteiger partial charge in [-0.3, -0.25) is 0 Å². The van der Waals surface area contributed by atoms with E-state index < -0.39 is 0 Å². The van der Waals surface area contributed by atoms with Crippen LogP contribution in [-0.2, 0) is 0 Å². The van der Waals surface area contributed by atoms with E-state index in [2.05, 4.69) is 25.0 Å². The summed E-state index contributed by atoms with van der Waals surface area (Å²) < 4.78 is 1.61. The lowest BCUT2D eigenvalue weighted by atomic mass is 10.3. The first kappa shape index (κ1) is 12.1. The first-order valence-corrected chi connectivity index (χ1v) is 7.35. The summed E-state index contributed by atoms with van der Waals surface area (Å²) in [4.78, 5) is 15.3. The molecular formula is C13H15ClN6. The van der Waals surface area contributed by atoms with Crippen LogP contribution in [0.25, 0.3) is 5.95 Å². The van der Waals surface area contributed by atoms with E-state index in [1.807, 2.05) is 6.07 Å². The highest BCUT2D eigenvalue weighted by Crippen LogP contribution is 2.36. The van der Waals surface area contributed by atoms with Crippen molar-refractivity contribution >= 4 is 17.5 Å². The van der Waals surface area contributed by atoms with Crippen LogP contribution in [0, 0.1) is 5.92 Å². The van der Waals surface area contributed by atoms with Crippen LogP contribution in [0.15, 0.2) is 18.5 Å². The van der Waals surface area contributed by atoms with Crippen molar-refractivity contribution < 1.29 is 0 Å². The molecule has 4 rings (SSSR count). The zero-order valence-corrected chi connectivity index (χ0v) is 11.7. The van der Waals surface area contributed by atoms with Gasteiger partial charge in [0.15, 0.2) is 0 Å². The zero-order chi connectivity index (χ0) is 13.5. The summed E-state index contributed by atoms with van der Waals surface area (Å²) in [6, 6.07) is 2.40. The highest BCUT2D eigenvalue weighted by atomic mass is 35.5. The molecule has 20 heavy (non-hydrogen) atoms. The van der Waals surface area contributed by atoms with Gasteiger partial charge >= 0.3 is 0 Å². The van der Waals surface area contributed by atoms with Crippen LogP contribution in [0.4, 0.5) is 5.95 Å². The van der Waals surface area contributed by atoms with Crippen molar-refractivity contribution in [3.05, 3.63) is 23.7 Å². The molecule has 6 nitrogen and oxygen atoms in total. The van der Waals surface area contributed by atoms with Gasteiger partial charge in [-0.1, -0.05) is 0 Å². The van der Waals surface area contributed by atoms with Gasteiger partial charge in [0, 0.05) is 25.0 Å². The van der Waals surface area contributed by atoms with Gasteiger partial charge in [0.05, 0.1) is 0 Å². The average Bonchev–Trinajstić information content (AvgIpc) is 3.35. The lowest BCUT2D eigenvalue weighted by Crippen LogP contribution is -2.30. The Morgan fingerprint density at radius 2 is 2.05 bits per heavy atom. The molecule has 2 heterocycles. The van der Waals surface area contributed by atoms with Crippen molar-refractivity contribution in [2.45, 2.75) is 31.7 Å². The van der Waals surface area contributed by atoms with Crippen LogP contribution >= 0.6 is 11.6 Å². The second-order valence-corrected chi connectivity index (χ2v) is 5.82. The van der Waals surface area contributed by atoms with Crippen molar-refractivity contribution in [2.24, 2.45) is 5.92 Å². The van der Waals surface area contributed by atoms with Crippen LogP contribution in [0.3, 0.4) is 0 Å². The molecular weight excluding hydrogens is 276 g/mol. The van der Waals surface area contributed by atoms with Gasteiger partial charge in [-0.2, -0.15) is 20.1 Å². The number of hydrogen-bond donors (Lipinski definition) is 0. The third-order valence-corrected chi connectivity index (χ3v) is 3.86. The Morgan fingerprint density at radius 3 is 2.70 bits per heavy atom. The molecule has 0 N–H and O–H groups in total. The molecule has 2 aliphatic carbocycles. The molecule has 0 radical (unpaired) electrons. The van der Waals surface area contributed by atoms with E-state index in [0.29, 0.717) is 17.9 Å². The van der Waals surface area contributed by atoms with Gasteiger partial charge in [-0.05, 0) is 49.3 Å². The number of anilines is 1. The molecule has 0 atom stereocenters. The molecule has 0 unspecified atom stereocenters. The normalized spacial score (nSPS) is 18.2. The van der Waals surface area contributed by atoms with Gasteiger partial charge in [0.1, 0.15) is 0 Å². The van der Waals surface area contributed by atoms with Crippen molar-refractivity contribution in [3.8, 4) is 5.95 Å². The predicted molar refractivity (Wildman–Crippen MR) is 75.1 cm³/mol. The molecule has 104 valence electrons. The van der Waals surface area contributed by atoms with Crippen molar-refractivity contribution in [1.82, 2.24) is 24.7 Å². The molecule has 7 heteroatoms. The summed E-state index contributed by atoms with van der Waals surface area (Å²) in [5, 5.41) is 4.37. The van der Waals surface area contributed by atoms with E-state index in [-0.39, 0.29) is 5.28 Å². The molecule has 2 aromatic heterocycles. The van der Waals surface area contributed by atoms with Crippen molar-refractivity contribution in [3.63, 3.8) is 0 Å². The Labute approximate surface area is 121 Å². The monoisotopic (exact) mass is 290 g/mol. The molecule has 0 aromatic carbocycles. The molecule has 2 fully saturated rings. The third kappa shape index (κ3) is 2.47. The van der Waals surface area contributed by atoms with E-state index >= 15 is 0 Å². The Bertz CT molecular complexity index is 605. The first-order chi connectivity index (χ1) is 9.79. The minimum atomic E-state index is 0.224. The third-order valence-electron chi connectivity index (χ3n) is 3.69. The van der Waals surface area contributed by atoms with E-state index in [4.69, 9.17) is 11.6 Å². The maximum absolute atomic E-state index is 6.06. The summed E-state index contributed by atoms with van der Waals surface area (Å²) >= 11 is 6.06. The molecule has 2 saturated carbocycles. The summed E-state index contributed by atoms with van der Waals surface area (Å²) in [6.45, 7) is 1.03. The minimum Gasteiger partial charge on any atom is -0.337 e. The quantitative estimate of drug-likeness (QED) is 0.844. The molecule has 0 bridgehead atoms. The smallest absolute Gasteiger partial charge is 0.256 e. The van der Waals surface area contributed by atoms with Gasteiger partial charge in [0.2, 0.25) is 11.2 Å². The van der Waals surface area contributed by atoms with E-state index in [1.54, 1.807) is 17.1 Å².